The molecule has 0 aromatic carbocycles. The van der Waals surface area contributed by atoms with E-state index in [1.807, 2.05) is 0 Å². The first-order chi connectivity index (χ1) is 38.5. The van der Waals surface area contributed by atoms with Gasteiger partial charge >= 0.3 is 17.9 Å². The second-order valence-corrected chi connectivity index (χ2v) is 22.3. The van der Waals surface area contributed by atoms with Gasteiger partial charge in [0.1, 0.15) is 13.2 Å². The van der Waals surface area contributed by atoms with E-state index in [0.717, 1.165) is 128 Å². The SMILES string of the molecule is CC/C=C\C/C=C\C/C=C\CCCCCCCC(=O)OC(COC(=O)CCCCCCC/C=C\C/C=C\CCCC)COC(=O)CCCCCCCCCCCCCCCCCCCCC/C=C\C/C=C\CCCCCCC. The van der Waals surface area contributed by atoms with E-state index in [1.54, 1.807) is 0 Å². The number of hydrogen-bond donors (Lipinski definition) is 0. The third-order valence-electron chi connectivity index (χ3n) is 14.6. The molecule has 0 heterocycles. The molecule has 6 nitrogen and oxygen atoms in total. The van der Waals surface area contributed by atoms with E-state index in [9.17, 15) is 14.4 Å². The quantitative estimate of drug-likeness (QED) is 0.0261. The molecule has 0 bridgehead atoms. The number of ether oxygens (including phenoxy) is 3. The van der Waals surface area contributed by atoms with E-state index >= 15 is 0 Å². The van der Waals surface area contributed by atoms with Crippen LogP contribution in [-0.2, 0) is 28.6 Å². The third kappa shape index (κ3) is 63.4. The van der Waals surface area contributed by atoms with Crippen molar-refractivity contribution >= 4 is 17.9 Å². The van der Waals surface area contributed by atoms with Crippen LogP contribution in [0.1, 0.15) is 335 Å². The Bertz CT molecular complexity index is 1480. The Hall–Kier alpha value is -3.41. The lowest BCUT2D eigenvalue weighted by molar-refractivity contribution is -0.167. The molecule has 1 unspecified atom stereocenters. The molecule has 0 spiro atoms. The molecule has 0 aromatic rings. The molecule has 0 amide bonds. The molecule has 0 aliphatic rings. The summed E-state index contributed by atoms with van der Waals surface area (Å²) in [4.78, 5) is 38.3. The van der Waals surface area contributed by atoms with Crippen molar-refractivity contribution < 1.29 is 28.6 Å². The Morgan fingerprint density at radius 2 is 0.513 bits per heavy atom. The zero-order chi connectivity index (χ0) is 56.4. The highest BCUT2D eigenvalue weighted by atomic mass is 16.6. The van der Waals surface area contributed by atoms with Crippen molar-refractivity contribution in [3.8, 4) is 0 Å². The minimum Gasteiger partial charge on any atom is -0.462 e. The number of allylic oxidation sites excluding steroid dienone is 14. The van der Waals surface area contributed by atoms with Gasteiger partial charge in [-0.2, -0.15) is 0 Å². The smallest absolute Gasteiger partial charge is 0.306 e. The predicted octanol–water partition coefficient (Wildman–Crippen LogP) is 23.1. The van der Waals surface area contributed by atoms with Crippen LogP contribution < -0.4 is 0 Å². The maximum atomic E-state index is 12.9. The van der Waals surface area contributed by atoms with Crippen LogP contribution >= 0.6 is 0 Å². The van der Waals surface area contributed by atoms with Crippen LogP contribution in [0.4, 0.5) is 0 Å². The second kappa shape index (κ2) is 66.1. The van der Waals surface area contributed by atoms with E-state index in [-0.39, 0.29) is 31.1 Å². The Kier molecular flexibility index (Phi) is 63.2. The maximum absolute atomic E-state index is 12.9. The fraction of sp³-hybridized carbons (Fsp3) is 0.764. The number of rotatable bonds is 61. The van der Waals surface area contributed by atoms with E-state index in [4.69, 9.17) is 14.2 Å². The lowest BCUT2D eigenvalue weighted by Crippen LogP contribution is -2.30. The Balaban J connectivity index is 4.18. The van der Waals surface area contributed by atoms with E-state index < -0.39 is 6.10 Å². The monoisotopic (exact) mass is 1090 g/mol. The number of hydrogen-bond acceptors (Lipinski definition) is 6. The normalized spacial score (nSPS) is 12.6. The molecule has 1 atom stereocenters. The average Bonchev–Trinajstić information content (AvgIpc) is 3.44. The molecular weight excluding hydrogens is 961 g/mol. The first-order valence-corrected chi connectivity index (χ1v) is 33.6. The fourth-order valence-corrected chi connectivity index (χ4v) is 9.57. The summed E-state index contributed by atoms with van der Waals surface area (Å²) in [6, 6.07) is 0. The van der Waals surface area contributed by atoms with Gasteiger partial charge in [0.2, 0.25) is 0 Å². The third-order valence-corrected chi connectivity index (χ3v) is 14.6. The first kappa shape index (κ1) is 74.6. The van der Waals surface area contributed by atoms with Gasteiger partial charge in [-0.05, 0) is 109 Å². The number of carbonyl (C=O) groups excluding carboxylic acids is 3. The van der Waals surface area contributed by atoms with Gasteiger partial charge in [0.05, 0.1) is 0 Å². The van der Waals surface area contributed by atoms with Gasteiger partial charge in [-0.25, -0.2) is 0 Å². The highest BCUT2D eigenvalue weighted by Crippen LogP contribution is 2.17. The molecule has 0 aliphatic carbocycles. The standard InChI is InChI=1S/C72H126O6/c1-4-7-10-13-16-19-22-25-28-29-30-31-32-33-34-35-36-37-38-39-40-41-42-43-45-47-50-53-56-59-62-65-71(74)77-68-69(67-76-70(73)64-61-58-55-52-49-46-27-24-21-18-15-12-9-6-3)78-72(75)66-63-60-57-54-51-48-44-26-23-20-17-14-11-8-5-2/h8,11,15,17-18,20,22,24-27,29-30,44,69H,4-7,9-10,12-14,16,19,21,23,28,31-43,45-68H2,1-3H3/b11-8-,18-15-,20-17-,25-22-,27-24-,30-29-,44-26-. The zero-order valence-corrected chi connectivity index (χ0v) is 51.7. The van der Waals surface area contributed by atoms with Crippen LogP contribution in [0.15, 0.2) is 85.1 Å². The van der Waals surface area contributed by atoms with Crippen LogP contribution in [0.5, 0.6) is 0 Å². The Morgan fingerprint density at radius 3 is 0.821 bits per heavy atom. The number of unbranched alkanes of at least 4 members (excludes halogenated alkanes) is 36. The van der Waals surface area contributed by atoms with Crippen molar-refractivity contribution in [1.29, 1.82) is 0 Å². The van der Waals surface area contributed by atoms with Crippen molar-refractivity contribution in [2.75, 3.05) is 13.2 Å². The van der Waals surface area contributed by atoms with Crippen molar-refractivity contribution in [2.24, 2.45) is 0 Å². The molecule has 0 aromatic heterocycles. The molecule has 0 saturated heterocycles. The molecule has 0 N–H and O–H groups in total. The van der Waals surface area contributed by atoms with E-state index in [2.05, 4.69) is 106 Å². The van der Waals surface area contributed by atoms with Gasteiger partial charge in [-0.3, -0.25) is 14.4 Å². The van der Waals surface area contributed by atoms with Crippen LogP contribution in [-0.4, -0.2) is 37.2 Å². The summed E-state index contributed by atoms with van der Waals surface area (Å²) in [5.74, 6) is -0.905. The van der Waals surface area contributed by atoms with Crippen molar-refractivity contribution in [1.82, 2.24) is 0 Å². The lowest BCUT2D eigenvalue weighted by Gasteiger charge is -2.18. The van der Waals surface area contributed by atoms with Crippen LogP contribution in [0.25, 0.3) is 0 Å². The summed E-state index contributed by atoms with van der Waals surface area (Å²) in [6.07, 6.45) is 87.6. The zero-order valence-electron chi connectivity index (χ0n) is 51.7. The summed E-state index contributed by atoms with van der Waals surface area (Å²) in [5.41, 5.74) is 0. The molecule has 450 valence electrons. The topological polar surface area (TPSA) is 78.9 Å². The average molecular weight is 1090 g/mol. The maximum Gasteiger partial charge on any atom is 0.306 e. The van der Waals surface area contributed by atoms with Gasteiger partial charge in [0.15, 0.2) is 6.10 Å². The van der Waals surface area contributed by atoms with Crippen molar-refractivity contribution in [2.45, 2.75) is 341 Å². The molecule has 0 radical (unpaired) electrons. The molecular formula is C72H126O6. The van der Waals surface area contributed by atoms with Gasteiger partial charge in [0, 0.05) is 19.3 Å². The predicted molar refractivity (Wildman–Crippen MR) is 339 cm³/mol. The summed E-state index contributed by atoms with van der Waals surface area (Å²) < 4.78 is 16.9. The summed E-state index contributed by atoms with van der Waals surface area (Å²) in [5, 5.41) is 0. The van der Waals surface area contributed by atoms with E-state index in [0.29, 0.717) is 19.3 Å². The van der Waals surface area contributed by atoms with E-state index in [1.165, 1.54) is 167 Å². The van der Waals surface area contributed by atoms with Gasteiger partial charge in [0.25, 0.3) is 0 Å². The highest BCUT2D eigenvalue weighted by Gasteiger charge is 2.19. The van der Waals surface area contributed by atoms with Crippen LogP contribution in [0.3, 0.4) is 0 Å². The highest BCUT2D eigenvalue weighted by molar-refractivity contribution is 5.71. The summed E-state index contributed by atoms with van der Waals surface area (Å²) >= 11 is 0. The number of carbonyl (C=O) groups is 3. The van der Waals surface area contributed by atoms with Gasteiger partial charge in [-0.15, -0.1) is 0 Å². The Morgan fingerprint density at radius 1 is 0.269 bits per heavy atom. The number of esters is 3. The first-order valence-electron chi connectivity index (χ1n) is 33.6. The Labute approximate surface area is 484 Å². The molecule has 78 heavy (non-hydrogen) atoms. The fourth-order valence-electron chi connectivity index (χ4n) is 9.57. The largest absolute Gasteiger partial charge is 0.462 e. The van der Waals surface area contributed by atoms with Crippen LogP contribution in [0, 0.1) is 0 Å². The molecule has 0 aliphatic heterocycles. The molecule has 6 heteroatoms. The minimum absolute atomic E-state index is 0.0858. The van der Waals surface area contributed by atoms with Crippen molar-refractivity contribution in [3.05, 3.63) is 85.1 Å². The lowest BCUT2D eigenvalue weighted by atomic mass is 10.0. The minimum atomic E-state index is -0.791. The van der Waals surface area contributed by atoms with Gasteiger partial charge in [-0.1, -0.05) is 292 Å². The van der Waals surface area contributed by atoms with Crippen molar-refractivity contribution in [3.63, 3.8) is 0 Å². The molecule has 0 fully saturated rings. The van der Waals surface area contributed by atoms with Crippen LogP contribution in [0.2, 0.25) is 0 Å². The summed E-state index contributed by atoms with van der Waals surface area (Å²) in [6.45, 7) is 6.48. The summed E-state index contributed by atoms with van der Waals surface area (Å²) in [7, 11) is 0. The van der Waals surface area contributed by atoms with Gasteiger partial charge < -0.3 is 14.2 Å². The second-order valence-electron chi connectivity index (χ2n) is 22.3. The molecule has 0 rings (SSSR count). The molecule has 0 saturated carbocycles.